The second-order valence-corrected chi connectivity index (χ2v) is 4.24. The number of H-pyrrole nitrogens is 1. The van der Waals surface area contributed by atoms with Crippen molar-refractivity contribution >= 4 is 16.0 Å². The Morgan fingerprint density at radius 3 is 2.50 bits per heavy atom. The number of methoxy groups -OCH3 is 1. The highest BCUT2D eigenvalue weighted by Gasteiger charge is 2.18. The van der Waals surface area contributed by atoms with Crippen LogP contribution in [0.15, 0.2) is 11.0 Å². The Kier molecular flexibility index (Phi) is 2.63. The number of carbonyl (C=O) groups is 1. The van der Waals surface area contributed by atoms with Crippen molar-refractivity contribution in [3.05, 3.63) is 17.5 Å². The number of rotatable bonds is 2. The minimum atomic E-state index is -3.79. The van der Waals surface area contributed by atoms with Gasteiger partial charge in [0.1, 0.15) is 10.6 Å². The van der Waals surface area contributed by atoms with E-state index in [1.807, 2.05) is 0 Å². The molecule has 1 rings (SSSR count). The third-order valence-corrected chi connectivity index (χ3v) is 2.72. The van der Waals surface area contributed by atoms with Crippen molar-refractivity contribution < 1.29 is 17.9 Å². The predicted octanol–water partition coefficient (Wildman–Crippen LogP) is -0.243. The van der Waals surface area contributed by atoms with Gasteiger partial charge in [0.2, 0.25) is 10.0 Å². The Balaban J connectivity index is 3.25. The molecule has 1 aromatic rings. The molecule has 0 radical (unpaired) electrons. The fraction of sp³-hybridized carbons (Fsp3) is 0.286. The monoisotopic (exact) mass is 218 g/mol. The van der Waals surface area contributed by atoms with Crippen LogP contribution in [0, 0.1) is 6.92 Å². The number of esters is 1. The van der Waals surface area contributed by atoms with Gasteiger partial charge in [0.15, 0.2) is 0 Å². The number of aromatic nitrogens is 1. The van der Waals surface area contributed by atoms with Crippen LogP contribution in [0.3, 0.4) is 0 Å². The molecule has 0 saturated heterocycles. The van der Waals surface area contributed by atoms with Crippen LogP contribution in [-0.4, -0.2) is 26.5 Å². The second kappa shape index (κ2) is 3.43. The van der Waals surface area contributed by atoms with Crippen molar-refractivity contribution in [3.63, 3.8) is 0 Å². The third kappa shape index (κ3) is 1.94. The number of sulfonamides is 1. The van der Waals surface area contributed by atoms with Crippen molar-refractivity contribution in [2.24, 2.45) is 5.14 Å². The summed E-state index contributed by atoms with van der Waals surface area (Å²) >= 11 is 0. The topological polar surface area (TPSA) is 102 Å². The summed E-state index contributed by atoms with van der Waals surface area (Å²) in [5.74, 6) is -0.636. The smallest absolute Gasteiger partial charge is 0.354 e. The fourth-order valence-corrected chi connectivity index (χ4v) is 1.81. The van der Waals surface area contributed by atoms with Gasteiger partial charge in [0.05, 0.1) is 7.11 Å². The molecular weight excluding hydrogens is 208 g/mol. The fourth-order valence-electron chi connectivity index (χ4n) is 1.05. The minimum Gasteiger partial charge on any atom is -0.464 e. The van der Waals surface area contributed by atoms with E-state index in [1.54, 1.807) is 0 Å². The summed E-state index contributed by atoms with van der Waals surface area (Å²) in [5.41, 5.74) is 0.377. The largest absolute Gasteiger partial charge is 0.464 e. The molecule has 0 atom stereocenters. The summed E-state index contributed by atoms with van der Waals surface area (Å²) in [6.07, 6.45) is 0. The van der Waals surface area contributed by atoms with Gasteiger partial charge < -0.3 is 9.72 Å². The molecule has 0 aromatic carbocycles. The Morgan fingerprint density at radius 2 is 2.14 bits per heavy atom. The first kappa shape index (κ1) is 10.7. The Morgan fingerprint density at radius 1 is 1.57 bits per heavy atom. The molecule has 0 aliphatic rings. The van der Waals surface area contributed by atoms with Crippen LogP contribution in [0.1, 0.15) is 16.2 Å². The lowest BCUT2D eigenvalue weighted by Gasteiger charge is -1.92. The highest BCUT2D eigenvalue weighted by molar-refractivity contribution is 7.89. The maximum atomic E-state index is 11.0. The van der Waals surface area contributed by atoms with Gasteiger partial charge in [-0.1, -0.05) is 0 Å². The molecular formula is C7H10N2O4S. The van der Waals surface area contributed by atoms with Crippen molar-refractivity contribution in [1.29, 1.82) is 0 Å². The molecule has 0 amide bonds. The molecule has 0 saturated carbocycles. The van der Waals surface area contributed by atoms with Gasteiger partial charge in [0.25, 0.3) is 0 Å². The van der Waals surface area contributed by atoms with Gasteiger partial charge in [-0.2, -0.15) is 0 Å². The van der Waals surface area contributed by atoms with E-state index in [9.17, 15) is 13.2 Å². The number of nitrogens with two attached hydrogens (primary N) is 1. The summed E-state index contributed by atoms with van der Waals surface area (Å²) in [4.78, 5) is 13.5. The van der Waals surface area contributed by atoms with Crippen LogP contribution in [0.4, 0.5) is 0 Å². The zero-order chi connectivity index (χ0) is 10.9. The van der Waals surface area contributed by atoms with E-state index < -0.39 is 16.0 Å². The molecule has 14 heavy (non-hydrogen) atoms. The number of aryl methyl sites for hydroxylation is 1. The highest BCUT2D eigenvalue weighted by Crippen LogP contribution is 2.14. The molecule has 78 valence electrons. The highest BCUT2D eigenvalue weighted by atomic mass is 32.2. The van der Waals surface area contributed by atoms with Crippen molar-refractivity contribution in [2.75, 3.05) is 7.11 Å². The average Bonchev–Trinajstić information content (AvgIpc) is 2.45. The van der Waals surface area contributed by atoms with E-state index in [4.69, 9.17) is 5.14 Å². The lowest BCUT2D eigenvalue weighted by Crippen LogP contribution is -2.12. The number of primary sulfonamides is 1. The van der Waals surface area contributed by atoms with Crippen LogP contribution >= 0.6 is 0 Å². The first-order chi connectivity index (χ1) is 6.36. The van der Waals surface area contributed by atoms with Crippen LogP contribution < -0.4 is 5.14 Å². The van der Waals surface area contributed by atoms with Crippen molar-refractivity contribution in [2.45, 2.75) is 11.8 Å². The summed E-state index contributed by atoms with van der Waals surface area (Å²) in [7, 11) is -2.59. The number of hydrogen-bond acceptors (Lipinski definition) is 4. The van der Waals surface area contributed by atoms with E-state index >= 15 is 0 Å². The molecule has 3 N–H and O–H groups in total. The summed E-state index contributed by atoms with van der Waals surface area (Å²) < 4.78 is 26.4. The van der Waals surface area contributed by atoms with E-state index in [1.165, 1.54) is 14.0 Å². The van der Waals surface area contributed by atoms with Gasteiger partial charge in [-0.3, -0.25) is 0 Å². The van der Waals surface area contributed by atoms with Crippen LogP contribution in [0.2, 0.25) is 0 Å². The van der Waals surface area contributed by atoms with Crippen LogP contribution in [-0.2, 0) is 14.8 Å². The molecule has 0 fully saturated rings. The molecule has 0 unspecified atom stereocenters. The molecule has 1 aromatic heterocycles. The zero-order valence-electron chi connectivity index (χ0n) is 7.70. The number of ether oxygens (including phenoxy) is 1. The molecule has 0 aliphatic carbocycles. The Labute approximate surface area is 81.1 Å². The normalized spacial score (nSPS) is 11.4. The quantitative estimate of drug-likeness (QED) is 0.668. The van der Waals surface area contributed by atoms with E-state index in [0.717, 1.165) is 6.07 Å². The maximum Gasteiger partial charge on any atom is 0.354 e. The molecule has 1 heterocycles. The zero-order valence-corrected chi connectivity index (χ0v) is 8.51. The van der Waals surface area contributed by atoms with Crippen molar-refractivity contribution in [3.8, 4) is 0 Å². The lowest BCUT2D eigenvalue weighted by molar-refractivity contribution is 0.0594. The van der Waals surface area contributed by atoms with Gasteiger partial charge >= 0.3 is 5.97 Å². The average molecular weight is 218 g/mol. The van der Waals surface area contributed by atoms with Gasteiger partial charge in [0, 0.05) is 5.69 Å². The van der Waals surface area contributed by atoms with Crippen molar-refractivity contribution in [1.82, 2.24) is 4.98 Å². The molecule has 0 aliphatic heterocycles. The van der Waals surface area contributed by atoms with Gasteiger partial charge in [-0.15, -0.1) is 0 Å². The molecule has 0 spiro atoms. The Bertz CT molecular complexity index is 460. The first-order valence-electron chi connectivity index (χ1n) is 3.67. The maximum absolute atomic E-state index is 11.0. The first-order valence-corrected chi connectivity index (χ1v) is 5.21. The molecule has 7 heteroatoms. The standard InChI is InChI=1S/C7H10N2O4S/c1-4-6(14(8,11)12)3-5(9-4)7(10)13-2/h3,9H,1-2H3,(H2,8,11,12). The lowest BCUT2D eigenvalue weighted by atomic mass is 10.4. The Hall–Kier alpha value is -1.34. The van der Waals surface area contributed by atoms with Crippen LogP contribution in [0.5, 0.6) is 0 Å². The summed E-state index contributed by atoms with van der Waals surface area (Å²) in [6.45, 7) is 1.51. The SMILES string of the molecule is COC(=O)c1cc(S(N)(=O)=O)c(C)[nH]1. The van der Waals surface area contributed by atoms with E-state index in [2.05, 4.69) is 9.72 Å². The molecule has 6 nitrogen and oxygen atoms in total. The third-order valence-electron chi connectivity index (χ3n) is 1.68. The summed E-state index contributed by atoms with van der Waals surface area (Å²) in [6, 6.07) is 1.15. The summed E-state index contributed by atoms with van der Waals surface area (Å²) in [5, 5.41) is 4.91. The number of aromatic amines is 1. The number of carbonyl (C=O) groups excluding carboxylic acids is 1. The molecule has 0 bridgehead atoms. The second-order valence-electron chi connectivity index (χ2n) is 2.71. The minimum absolute atomic E-state index is 0.0639. The number of nitrogens with one attached hydrogen (secondary N) is 1. The van der Waals surface area contributed by atoms with E-state index in [0.29, 0.717) is 5.69 Å². The van der Waals surface area contributed by atoms with E-state index in [-0.39, 0.29) is 10.6 Å². The van der Waals surface area contributed by atoms with Crippen LogP contribution in [0.25, 0.3) is 0 Å². The van der Waals surface area contributed by atoms with Gasteiger partial charge in [-0.05, 0) is 13.0 Å². The number of hydrogen-bond donors (Lipinski definition) is 2. The van der Waals surface area contributed by atoms with Gasteiger partial charge in [-0.25, -0.2) is 18.4 Å². The predicted molar refractivity (Wildman–Crippen MR) is 48.2 cm³/mol.